The highest BCUT2D eigenvalue weighted by Gasteiger charge is 2.01. The lowest BCUT2D eigenvalue weighted by atomic mass is 10.1. The first-order chi connectivity index (χ1) is 8.83. The van der Waals surface area contributed by atoms with Crippen LogP contribution in [0, 0.1) is 0 Å². The molecule has 2 nitrogen and oxygen atoms in total. The Balaban J connectivity index is 2.04. The van der Waals surface area contributed by atoms with Crippen LogP contribution in [0.25, 0.3) is 0 Å². The third-order valence-electron chi connectivity index (χ3n) is 2.91. The summed E-state index contributed by atoms with van der Waals surface area (Å²) in [7, 11) is 0. The van der Waals surface area contributed by atoms with Crippen molar-refractivity contribution in [1.82, 2.24) is 0 Å². The quantitative estimate of drug-likeness (QED) is 0.746. The van der Waals surface area contributed by atoms with Crippen LogP contribution in [-0.4, -0.2) is 6.29 Å². The Bertz CT molecular complexity index is 515. The SMILES string of the molecule is CCc1ccc(OCc2ccccc2C=O)cc1. The van der Waals surface area contributed by atoms with Gasteiger partial charge in [0.2, 0.25) is 0 Å². The van der Waals surface area contributed by atoms with E-state index in [1.165, 1.54) is 5.56 Å². The van der Waals surface area contributed by atoms with Crippen molar-refractivity contribution in [2.75, 3.05) is 0 Å². The van der Waals surface area contributed by atoms with Gasteiger partial charge in [-0.25, -0.2) is 0 Å². The molecule has 0 atom stereocenters. The minimum absolute atomic E-state index is 0.417. The monoisotopic (exact) mass is 240 g/mol. The molecule has 2 heteroatoms. The van der Waals surface area contributed by atoms with Crippen molar-refractivity contribution in [2.45, 2.75) is 20.0 Å². The summed E-state index contributed by atoms with van der Waals surface area (Å²) in [5.74, 6) is 0.827. The Hall–Kier alpha value is -2.09. The van der Waals surface area contributed by atoms with Crippen molar-refractivity contribution in [1.29, 1.82) is 0 Å². The fourth-order valence-electron chi connectivity index (χ4n) is 1.76. The van der Waals surface area contributed by atoms with Gasteiger partial charge in [0.1, 0.15) is 18.6 Å². The summed E-state index contributed by atoms with van der Waals surface area (Å²) >= 11 is 0. The summed E-state index contributed by atoms with van der Waals surface area (Å²) in [6.45, 7) is 2.54. The van der Waals surface area contributed by atoms with Crippen molar-refractivity contribution in [3.8, 4) is 5.75 Å². The topological polar surface area (TPSA) is 26.3 Å². The van der Waals surface area contributed by atoms with Gasteiger partial charge in [0.25, 0.3) is 0 Å². The molecule has 0 N–H and O–H groups in total. The molecule has 0 aliphatic heterocycles. The molecule has 18 heavy (non-hydrogen) atoms. The highest BCUT2D eigenvalue weighted by atomic mass is 16.5. The van der Waals surface area contributed by atoms with Gasteiger partial charge in [0, 0.05) is 5.56 Å². The molecule has 0 aliphatic rings. The van der Waals surface area contributed by atoms with E-state index in [0.717, 1.165) is 24.0 Å². The second-order valence-corrected chi connectivity index (χ2v) is 4.10. The summed E-state index contributed by atoms with van der Waals surface area (Å²) < 4.78 is 5.68. The molecule has 0 saturated carbocycles. The smallest absolute Gasteiger partial charge is 0.150 e. The summed E-state index contributed by atoms with van der Waals surface area (Å²) in [4.78, 5) is 10.9. The van der Waals surface area contributed by atoms with Crippen LogP contribution >= 0.6 is 0 Å². The molecule has 0 aliphatic carbocycles. The van der Waals surface area contributed by atoms with Crippen molar-refractivity contribution < 1.29 is 9.53 Å². The predicted molar refractivity (Wildman–Crippen MR) is 72.0 cm³/mol. The fourth-order valence-corrected chi connectivity index (χ4v) is 1.76. The van der Waals surface area contributed by atoms with E-state index in [4.69, 9.17) is 4.74 Å². The standard InChI is InChI=1S/C16H16O2/c1-2-13-7-9-16(10-8-13)18-12-15-6-4-3-5-14(15)11-17/h3-11H,2,12H2,1H3. The highest BCUT2D eigenvalue weighted by molar-refractivity contribution is 5.77. The normalized spacial score (nSPS) is 10.1. The molecule has 0 saturated heterocycles. The summed E-state index contributed by atoms with van der Waals surface area (Å²) in [5.41, 5.74) is 2.88. The number of carbonyl (C=O) groups excluding carboxylic acids is 1. The Kier molecular flexibility index (Phi) is 4.13. The second-order valence-electron chi connectivity index (χ2n) is 4.10. The highest BCUT2D eigenvalue weighted by Crippen LogP contribution is 2.15. The Morgan fingerprint density at radius 1 is 1.06 bits per heavy atom. The van der Waals surface area contributed by atoms with E-state index in [0.29, 0.717) is 12.2 Å². The lowest BCUT2D eigenvalue weighted by Crippen LogP contribution is -1.99. The number of rotatable bonds is 5. The zero-order valence-corrected chi connectivity index (χ0v) is 10.4. The molecule has 0 unspecified atom stereocenters. The van der Waals surface area contributed by atoms with Gasteiger partial charge in [-0.2, -0.15) is 0 Å². The summed E-state index contributed by atoms with van der Waals surface area (Å²) in [6, 6.07) is 15.5. The molecule has 2 rings (SSSR count). The van der Waals surface area contributed by atoms with Gasteiger partial charge in [-0.3, -0.25) is 4.79 Å². The van der Waals surface area contributed by atoms with Gasteiger partial charge >= 0.3 is 0 Å². The Labute approximate surface area is 107 Å². The Morgan fingerprint density at radius 2 is 1.78 bits per heavy atom. The maximum absolute atomic E-state index is 10.9. The molecule has 0 fully saturated rings. The van der Waals surface area contributed by atoms with E-state index in [1.54, 1.807) is 6.07 Å². The van der Waals surface area contributed by atoms with Crippen molar-refractivity contribution in [3.63, 3.8) is 0 Å². The van der Waals surface area contributed by atoms with Crippen LogP contribution < -0.4 is 4.74 Å². The molecule has 0 spiro atoms. The molecule has 0 radical (unpaired) electrons. The van der Waals surface area contributed by atoms with Gasteiger partial charge in [0.15, 0.2) is 0 Å². The molecule has 0 heterocycles. The van der Waals surface area contributed by atoms with Gasteiger partial charge in [-0.05, 0) is 29.7 Å². The van der Waals surface area contributed by atoms with E-state index in [9.17, 15) is 4.79 Å². The molecule has 0 amide bonds. The van der Waals surface area contributed by atoms with Gasteiger partial charge in [-0.1, -0.05) is 43.3 Å². The van der Waals surface area contributed by atoms with E-state index < -0.39 is 0 Å². The zero-order valence-electron chi connectivity index (χ0n) is 10.4. The first kappa shape index (κ1) is 12.4. The lowest BCUT2D eigenvalue weighted by Gasteiger charge is -2.08. The van der Waals surface area contributed by atoms with Crippen molar-refractivity contribution in [3.05, 3.63) is 65.2 Å². The van der Waals surface area contributed by atoms with Crippen LogP contribution in [-0.2, 0) is 13.0 Å². The predicted octanol–water partition coefficient (Wildman–Crippen LogP) is 3.64. The minimum atomic E-state index is 0.417. The van der Waals surface area contributed by atoms with Gasteiger partial charge < -0.3 is 4.74 Å². The summed E-state index contributed by atoms with van der Waals surface area (Å²) in [5, 5.41) is 0. The Morgan fingerprint density at radius 3 is 2.44 bits per heavy atom. The van der Waals surface area contributed by atoms with Gasteiger partial charge in [0.05, 0.1) is 0 Å². The maximum atomic E-state index is 10.9. The average molecular weight is 240 g/mol. The first-order valence-corrected chi connectivity index (χ1v) is 6.08. The molecular formula is C16H16O2. The van der Waals surface area contributed by atoms with Crippen LogP contribution in [0.4, 0.5) is 0 Å². The number of ether oxygens (including phenoxy) is 1. The molecule has 92 valence electrons. The third kappa shape index (κ3) is 2.98. The largest absolute Gasteiger partial charge is 0.489 e. The van der Waals surface area contributed by atoms with Crippen molar-refractivity contribution >= 4 is 6.29 Å². The third-order valence-corrected chi connectivity index (χ3v) is 2.91. The van der Waals surface area contributed by atoms with Crippen LogP contribution in [0.2, 0.25) is 0 Å². The molecule has 2 aromatic carbocycles. The number of benzene rings is 2. The number of hydrogen-bond acceptors (Lipinski definition) is 2. The van der Waals surface area contributed by atoms with Crippen molar-refractivity contribution in [2.24, 2.45) is 0 Å². The minimum Gasteiger partial charge on any atom is -0.489 e. The number of aldehydes is 1. The van der Waals surface area contributed by atoms with E-state index in [1.807, 2.05) is 30.3 Å². The number of carbonyl (C=O) groups is 1. The lowest BCUT2D eigenvalue weighted by molar-refractivity contribution is 0.112. The fraction of sp³-hybridized carbons (Fsp3) is 0.188. The second kappa shape index (κ2) is 6.01. The van der Waals surface area contributed by atoms with Crippen LogP contribution in [0.5, 0.6) is 5.75 Å². The van der Waals surface area contributed by atoms with Crippen LogP contribution in [0.1, 0.15) is 28.4 Å². The molecule has 0 aromatic heterocycles. The zero-order chi connectivity index (χ0) is 12.8. The van der Waals surface area contributed by atoms with E-state index >= 15 is 0 Å². The number of aryl methyl sites for hydroxylation is 1. The van der Waals surface area contributed by atoms with Crippen LogP contribution in [0.15, 0.2) is 48.5 Å². The van der Waals surface area contributed by atoms with E-state index in [-0.39, 0.29) is 0 Å². The van der Waals surface area contributed by atoms with E-state index in [2.05, 4.69) is 19.1 Å². The molecular weight excluding hydrogens is 224 g/mol. The first-order valence-electron chi connectivity index (χ1n) is 6.08. The number of hydrogen-bond donors (Lipinski definition) is 0. The maximum Gasteiger partial charge on any atom is 0.150 e. The van der Waals surface area contributed by atoms with Gasteiger partial charge in [-0.15, -0.1) is 0 Å². The molecule has 2 aromatic rings. The summed E-state index contributed by atoms with van der Waals surface area (Å²) in [6.07, 6.45) is 1.88. The van der Waals surface area contributed by atoms with Crippen LogP contribution in [0.3, 0.4) is 0 Å². The molecule has 0 bridgehead atoms. The average Bonchev–Trinajstić information content (AvgIpc) is 2.46.